The van der Waals surface area contributed by atoms with Crippen LogP contribution in [0.2, 0.25) is 0 Å². The van der Waals surface area contributed by atoms with Crippen molar-refractivity contribution in [1.29, 1.82) is 0 Å². The molecule has 0 aromatic heterocycles. The Morgan fingerprint density at radius 2 is 2.11 bits per heavy atom. The molecule has 5 nitrogen and oxygen atoms in total. The van der Waals surface area contributed by atoms with Crippen molar-refractivity contribution in [1.82, 2.24) is 10.6 Å². The third-order valence-corrected chi connectivity index (χ3v) is 5.26. The van der Waals surface area contributed by atoms with Crippen LogP contribution in [0.15, 0.2) is 30.3 Å². The summed E-state index contributed by atoms with van der Waals surface area (Å²) >= 11 is 0. The second-order valence-electron chi connectivity index (χ2n) is 7.40. The van der Waals surface area contributed by atoms with Crippen LogP contribution in [0.4, 0.5) is 19.3 Å². The average molecular weight is 387 g/mol. The second kappa shape index (κ2) is 7.66. The third-order valence-electron chi connectivity index (χ3n) is 5.26. The molecule has 28 heavy (non-hydrogen) atoms. The highest BCUT2D eigenvalue weighted by atomic mass is 19.1. The topological polar surface area (TPSA) is 53.6 Å². The Morgan fingerprint density at radius 3 is 2.96 bits per heavy atom. The maximum absolute atomic E-state index is 13.7. The quantitative estimate of drug-likeness (QED) is 0.851. The summed E-state index contributed by atoms with van der Waals surface area (Å²) in [6, 6.07) is 7.63. The van der Waals surface area contributed by atoms with E-state index in [0.29, 0.717) is 18.5 Å². The largest absolute Gasteiger partial charge is 0.488 e. The number of benzene rings is 2. The number of fused-ring (bicyclic) bond motifs is 2. The van der Waals surface area contributed by atoms with Crippen LogP contribution in [0.1, 0.15) is 23.1 Å². The van der Waals surface area contributed by atoms with E-state index in [1.807, 2.05) is 6.07 Å². The minimum Gasteiger partial charge on any atom is -0.488 e. The SMILES string of the molecule is CN1CCCc2cc(CNC(=O)NC3COc4c(F)cc(F)cc4C3)ccc21. The minimum atomic E-state index is -0.712. The smallest absolute Gasteiger partial charge is 0.315 e. The normalized spacial score (nSPS) is 18.0. The Balaban J connectivity index is 1.33. The molecule has 2 aliphatic rings. The van der Waals surface area contributed by atoms with Gasteiger partial charge in [-0.1, -0.05) is 12.1 Å². The third kappa shape index (κ3) is 3.88. The Hall–Kier alpha value is -2.83. The molecule has 1 unspecified atom stereocenters. The summed E-state index contributed by atoms with van der Waals surface area (Å²) in [5, 5.41) is 5.65. The van der Waals surface area contributed by atoms with Crippen LogP contribution >= 0.6 is 0 Å². The van der Waals surface area contributed by atoms with Gasteiger partial charge < -0.3 is 20.3 Å². The fourth-order valence-electron chi connectivity index (χ4n) is 3.90. The molecule has 0 saturated heterocycles. The summed E-state index contributed by atoms with van der Waals surface area (Å²) in [5.74, 6) is -1.29. The maximum Gasteiger partial charge on any atom is 0.315 e. The van der Waals surface area contributed by atoms with Gasteiger partial charge in [-0.25, -0.2) is 13.6 Å². The van der Waals surface area contributed by atoms with E-state index in [1.54, 1.807) is 0 Å². The first-order chi connectivity index (χ1) is 13.5. The molecule has 2 aromatic carbocycles. The zero-order chi connectivity index (χ0) is 19.7. The molecular formula is C21H23F2N3O2. The number of nitrogens with one attached hydrogen (secondary N) is 2. The molecule has 0 fully saturated rings. The van der Waals surface area contributed by atoms with Crippen molar-refractivity contribution in [2.24, 2.45) is 0 Å². The van der Waals surface area contributed by atoms with E-state index in [0.717, 1.165) is 31.0 Å². The highest BCUT2D eigenvalue weighted by Gasteiger charge is 2.24. The lowest BCUT2D eigenvalue weighted by Crippen LogP contribution is -2.47. The molecule has 4 rings (SSSR count). The predicted molar refractivity (Wildman–Crippen MR) is 103 cm³/mol. The lowest BCUT2D eigenvalue weighted by atomic mass is 9.99. The molecule has 0 spiro atoms. The van der Waals surface area contributed by atoms with Gasteiger partial charge in [0, 0.05) is 37.5 Å². The molecule has 2 aromatic rings. The van der Waals surface area contributed by atoms with Crippen LogP contribution in [0.5, 0.6) is 5.75 Å². The van der Waals surface area contributed by atoms with Crippen LogP contribution < -0.4 is 20.3 Å². The lowest BCUT2D eigenvalue weighted by Gasteiger charge is -2.28. The van der Waals surface area contributed by atoms with E-state index < -0.39 is 11.6 Å². The van der Waals surface area contributed by atoms with Crippen molar-refractivity contribution in [3.63, 3.8) is 0 Å². The van der Waals surface area contributed by atoms with Crippen molar-refractivity contribution in [2.45, 2.75) is 31.8 Å². The standard InChI is InChI=1S/C21H23F2N3O2/c1-26-6-2-3-14-7-13(4-5-19(14)26)11-24-21(27)25-17-9-15-8-16(22)10-18(23)20(15)28-12-17/h4-5,7-8,10,17H,2-3,6,9,11-12H2,1H3,(H2,24,25,27). The summed E-state index contributed by atoms with van der Waals surface area (Å²) < 4.78 is 32.5. The predicted octanol–water partition coefficient (Wildman–Crippen LogP) is 3.15. The van der Waals surface area contributed by atoms with Gasteiger partial charge in [-0.05, 0) is 42.5 Å². The summed E-state index contributed by atoms with van der Waals surface area (Å²) in [6.45, 7) is 1.62. The highest BCUT2D eigenvalue weighted by Crippen LogP contribution is 2.29. The van der Waals surface area contributed by atoms with Crippen LogP contribution in [-0.4, -0.2) is 32.3 Å². The molecule has 2 heterocycles. The Labute approximate surface area is 162 Å². The van der Waals surface area contributed by atoms with Crippen molar-refractivity contribution < 1.29 is 18.3 Å². The van der Waals surface area contributed by atoms with Gasteiger partial charge in [0.2, 0.25) is 0 Å². The molecule has 0 bridgehead atoms. The van der Waals surface area contributed by atoms with Crippen LogP contribution in [0.3, 0.4) is 0 Å². The average Bonchev–Trinajstić information content (AvgIpc) is 2.66. The fourth-order valence-corrected chi connectivity index (χ4v) is 3.90. The van der Waals surface area contributed by atoms with Gasteiger partial charge in [0.15, 0.2) is 11.6 Å². The van der Waals surface area contributed by atoms with Crippen molar-refractivity contribution in [3.05, 3.63) is 58.7 Å². The molecule has 2 aliphatic heterocycles. The number of hydrogen-bond acceptors (Lipinski definition) is 3. The molecule has 2 N–H and O–H groups in total. The molecule has 1 atom stereocenters. The Kier molecular flexibility index (Phi) is 5.07. The maximum atomic E-state index is 13.7. The van der Waals surface area contributed by atoms with Crippen LogP contribution in [-0.2, 0) is 19.4 Å². The number of amides is 2. The first-order valence-corrected chi connectivity index (χ1v) is 9.47. The molecule has 2 amide bonds. The number of carbonyl (C=O) groups is 1. The van der Waals surface area contributed by atoms with Crippen molar-refractivity contribution in [2.75, 3.05) is 25.1 Å². The van der Waals surface area contributed by atoms with Crippen molar-refractivity contribution >= 4 is 11.7 Å². The highest BCUT2D eigenvalue weighted by molar-refractivity contribution is 5.74. The van der Waals surface area contributed by atoms with Gasteiger partial charge in [-0.2, -0.15) is 0 Å². The molecule has 0 aliphatic carbocycles. The summed E-state index contributed by atoms with van der Waals surface area (Å²) in [6.07, 6.45) is 2.50. The van der Waals surface area contributed by atoms with E-state index in [9.17, 15) is 13.6 Å². The summed E-state index contributed by atoms with van der Waals surface area (Å²) in [5.41, 5.74) is 4.01. The molecule has 148 valence electrons. The van der Waals surface area contributed by atoms with E-state index in [-0.39, 0.29) is 24.4 Å². The van der Waals surface area contributed by atoms with E-state index >= 15 is 0 Å². The molecule has 7 heteroatoms. The van der Waals surface area contributed by atoms with Crippen LogP contribution in [0, 0.1) is 11.6 Å². The van der Waals surface area contributed by atoms with E-state index in [1.165, 1.54) is 17.3 Å². The van der Waals surface area contributed by atoms with E-state index in [4.69, 9.17) is 4.74 Å². The van der Waals surface area contributed by atoms with Gasteiger partial charge in [0.1, 0.15) is 12.4 Å². The minimum absolute atomic E-state index is 0.0684. The molecule has 0 radical (unpaired) electrons. The first-order valence-electron chi connectivity index (χ1n) is 9.47. The number of nitrogens with zero attached hydrogens (tertiary/aromatic N) is 1. The number of anilines is 1. The number of hydrogen-bond donors (Lipinski definition) is 2. The van der Waals surface area contributed by atoms with Gasteiger partial charge in [0.25, 0.3) is 0 Å². The Morgan fingerprint density at radius 1 is 1.25 bits per heavy atom. The van der Waals surface area contributed by atoms with Gasteiger partial charge in [0.05, 0.1) is 6.04 Å². The number of halogens is 2. The monoisotopic (exact) mass is 387 g/mol. The summed E-state index contributed by atoms with van der Waals surface area (Å²) in [7, 11) is 2.09. The fraction of sp³-hybridized carbons (Fsp3) is 0.381. The lowest BCUT2D eigenvalue weighted by molar-refractivity contribution is 0.209. The molecule has 0 saturated carbocycles. The second-order valence-corrected chi connectivity index (χ2v) is 7.40. The number of ether oxygens (including phenoxy) is 1. The Bertz CT molecular complexity index is 903. The molecular weight excluding hydrogens is 364 g/mol. The zero-order valence-corrected chi connectivity index (χ0v) is 15.7. The van der Waals surface area contributed by atoms with Crippen molar-refractivity contribution in [3.8, 4) is 5.75 Å². The number of aryl methyl sites for hydroxylation is 1. The number of carbonyl (C=O) groups excluding carboxylic acids is 1. The number of urea groups is 1. The summed E-state index contributed by atoms with van der Waals surface area (Å²) in [4.78, 5) is 14.5. The van der Waals surface area contributed by atoms with Crippen LogP contribution in [0.25, 0.3) is 0 Å². The van der Waals surface area contributed by atoms with Gasteiger partial charge in [-0.15, -0.1) is 0 Å². The van der Waals surface area contributed by atoms with Gasteiger partial charge in [-0.3, -0.25) is 0 Å². The van der Waals surface area contributed by atoms with E-state index in [2.05, 4.69) is 34.7 Å². The number of rotatable bonds is 3. The van der Waals surface area contributed by atoms with Gasteiger partial charge >= 0.3 is 6.03 Å². The first kappa shape index (κ1) is 18.5. The zero-order valence-electron chi connectivity index (χ0n) is 15.7.